The number of nitrogens with one attached hydrogen (secondary N) is 1. The van der Waals surface area contributed by atoms with E-state index in [9.17, 15) is 14.7 Å². The first kappa shape index (κ1) is 15.9. The van der Waals surface area contributed by atoms with Crippen molar-refractivity contribution in [2.24, 2.45) is 5.92 Å². The van der Waals surface area contributed by atoms with Crippen LogP contribution in [0.1, 0.15) is 19.8 Å². The fourth-order valence-electron chi connectivity index (χ4n) is 2.33. The van der Waals surface area contributed by atoms with Crippen LogP contribution in [0.5, 0.6) is 0 Å². The van der Waals surface area contributed by atoms with Gasteiger partial charge in [0.25, 0.3) is 0 Å². The van der Waals surface area contributed by atoms with Crippen LogP contribution >= 0.6 is 0 Å². The van der Waals surface area contributed by atoms with Gasteiger partial charge in [-0.15, -0.1) is 0 Å². The summed E-state index contributed by atoms with van der Waals surface area (Å²) in [6, 6.07) is 0. The molecular formula is C13H25N3O3. The van der Waals surface area contributed by atoms with Gasteiger partial charge in [-0.2, -0.15) is 0 Å². The minimum absolute atomic E-state index is 0.0187. The molecule has 0 aromatic carbocycles. The zero-order valence-corrected chi connectivity index (χ0v) is 12.1. The van der Waals surface area contributed by atoms with Gasteiger partial charge in [0.2, 0.25) is 11.8 Å². The predicted octanol–water partition coefficient (Wildman–Crippen LogP) is -0.716. The molecule has 1 saturated heterocycles. The molecule has 2 atom stereocenters. The quantitative estimate of drug-likeness (QED) is 0.692. The molecule has 19 heavy (non-hydrogen) atoms. The number of carbonyl (C=O) groups is 2. The molecule has 0 aromatic rings. The Morgan fingerprint density at radius 3 is 2.74 bits per heavy atom. The number of aliphatic hydroxyl groups is 1. The number of aliphatic hydroxyl groups excluding tert-OH is 1. The summed E-state index contributed by atoms with van der Waals surface area (Å²) in [6.07, 6.45) is 1.10. The number of hydrogen-bond donors (Lipinski definition) is 2. The average molecular weight is 271 g/mol. The molecule has 0 aliphatic carbocycles. The Balaban J connectivity index is 2.34. The van der Waals surface area contributed by atoms with Crippen molar-refractivity contribution in [1.29, 1.82) is 0 Å². The van der Waals surface area contributed by atoms with Crippen molar-refractivity contribution in [2.45, 2.75) is 25.9 Å². The Morgan fingerprint density at radius 2 is 2.16 bits per heavy atom. The predicted molar refractivity (Wildman–Crippen MR) is 72.5 cm³/mol. The number of piperidine rings is 1. The van der Waals surface area contributed by atoms with Gasteiger partial charge in [-0.25, -0.2) is 0 Å². The molecule has 1 fully saturated rings. The second-order valence-corrected chi connectivity index (χ2v) is 5.47. The minimum Gasteiger partial charge on any atom is -0.390 e. The molecule has 0 bridgehead atoms. The Bertz CT molecular complexity index is 320. The number of hydrogen-bond acceptors (Lipinski definition) is 4. The topological polar surface area (TPSA) is 72.9 Å². The maximum Gasteiger partial charge on any atom is 0.224 e. The van der Waals surface area contributed by atoms with Crippen LogP contribution < -0.4 is 5.32 Å². The molecule has 0 unspecified atom stereocenters. The highest BCUT2D eigenvalue weighted by molar-refractivity contribution is 5.80. The van der Waals surface area contributed by atoms with Crippen LogP contribution in [-0.2, 0) is 9.59 Å². The van der Waals surface area contributed by atoms with E-state index >= 15 is 0 Å². The Morgan fingerprint density at radius 1 is 1.47 bits per heavy atom. The molecular weight excluding hydrogens is 246 g/mol. The van der Waals surface area contributed by atoms with Crippen LogP contribution in [0.25, 0.3) is 0 Å². The summed E-state index contributed by atoms with van der Waals surface area (Å²) in [5, 5.41) is 12.4. The molecule has 0 saturated carbocycles. The molecule has 0 spiro atoms. The van der Waals surface area contributed by atoms with Crippen molar-refractivity contribution < 1.29 is 14.7 Å². The monoisotopic (exact) mass is 271 g/mol. The molecule has 1 aliphatic rings. The number of likely N-dealkylation sites (tertiary alicyclic amines) is 1. The second kappa shape index (κ2) is 7.45. The van der Waals surface area contributed by atoms with Crippen molar-refractivity contribution in [3.05, 3.63) is 0 Å². The normalized spacial score (nSPS) is 21.3. The molecule has 110 valence electrons. The maximum atomic E-state index is 12.0. The molecule has 2 N–H and O–H groups in total. The van der Waals surface area contributed by atoms with Crippen molar-refractivity contribution in [1.82, 2.24) is 15.1 Å². The van der Waals surface area contributed by atoms with E-state index in [1.165, 1.54) is 6.92 Å². The van der Waals surface area contributed by atoms with Crippen LogP contribution in [0.4, 0.5) is 0 Å². The van der Waals surface area contributed by atoms with Crippen molar-refractivity contribution in [3.8, 4) is 0 Å². The molecule has 6 nitrogen and oxygen atoms in total. The van der Waals surface area contributed by atoms with E-state index in [1.54, 1.807) is 4.90 Å². The Hall–Kier alpha value is -1.14. The van der Waals surface area contributed by atoms with Crippen LogP contribution in [-0.4, -0.2) is 73.1 Å². The third kappa shape index (κ3) is 5.57. The lowest BCUT2D eigenvalue weighted by molar-refractivity contribution is -0.134. The van der Waals surface area contributed by atoms with Crippen LogP contribution in [0.2, 0.25) is 0 Å². The van der Waals surface area contributed by atoms with E-state index in [1.807, 2.05) is 19.0 Å². The van der Waals surface area contributed by atoms with Gasteiger partial charge in [0.1, 0.15) is 0 Å². The van der Waals surface area contributed by atoms with Gasteiger partial charge in [0.05, 0.1) is 12.0 Å². The zero-order valence-electron chi connectivity index (χ0n) is 12.1. The zero-order chi connectivity index (χ0) is 14.4. The van der Waals surface area contributed by atoms with E-state index in [2.05, 4.69) is 5.32 Å². The summed E-state index contributed by atoms with van der Waals surface area (Å²) in [5.41, 5.74) is 0. The highest BCUT2D eigenvalue weighted by atomic mass is 16.3. The third-order valence-electron chi connectivity index (χ3n) is 3.33. The first-order valence-electron chi connectivity index (χ1n) is 6.76. The summed E-state index contributed by atoms with van der Waals surface area (Å²) >= 11 is 0. The lowest BCUT2D eigenvalue weighted by Crippen LogP contribution is -2.46. The fourth-order valence-corrected chi connectivity index (χ4v) is 2.33. The van der Waals surface area contributed by atoms with Gasteiger partial charge in [-0.3, -0.25) is 9.59 Å². The van der Waals surface area contributed by atoms with Gasteiger partial charge in [-0.1, -0.05) is 0 Å². The number of nitrogens with zero attached hydrogens (tertiary/aromatic N) is 2. The van der Waals surface area contributed by atoms with Crippen LogP contribution in [0.3, 0.4) is 0 Å². The van der Waals surface area contributed by atoms with Gasteiger partial charge in [-0.05, 0) is 26.9 Å². The van der Waals surface area contributed by atoms with E-state index in [4.69, 9.17) is 0 Å². The average Bonchev–Trinajstić information content (AvgIpc) is 2.35. The molecule has 0 aromatic heterocycles. The summed E-state index contributed by atoms with van der Waals surface area (Å²) in [6.45, 7) is 3.53. The Kier molecular flexibility index (Phi) is 6.24. The molecule has 6 heteroatoms. The smallest absolute Gasteiger partial charge is 0.224 e. The first-order chi connectivity index (χ1) is 8.90. The van der Waals surface area contributed by atoms with Gasteiger partial charge < -0.3 is 20.2 Å². The van der Waals surface area contributed by atoms with Gasteiger partial charge in [0.15, 0.2) is 0 Å². The summed E-state index contributed by atoms with van der Waals surface area (Å²) in [4.78, 5) is 26.9. The van der Waals surface area contributed by atoms with Crippen molar-refractivity contribution in [3.63, 3.8) is 0 Å². The largest absolute Gasteiger partial charge is 0.390 e. The molecule has 2 amide bonds. The lowest BCUT2D eigenvalue weighted by atomic mass is 9.97. The number of rotatable bonds is 5. The highest BCUT2D eigenvalue weighted by Crippen LogP contribution is 2.16. The van der Waals surface area contributed by atoms with Crippen molar-refractivity contribution >= 4 is 11.8 Å². The third-order valence-corrected chi connectivity index (χ3v) is 3.33. The first-order valence-corrected chi connectivity index (χ1v) is 6.76. The second-order valence-electron chi connectivity index (χ2n) is 5.47. The minimum atomic E-state index is -0.563. The summed E-state index contributed by atoms with van der Waals surface area (Å²) < 4.78 is 0. The molecule has 0 radical (unpaired) electrons. The van der Waals surface area contributed by atoms with E-state index in [0.717, 1.165) is 19.4 Å². The Labute approximate surface area is 114 Å². The van der Waals surface area contributed by atoms with Gasteiger partial charge >= 0.3 is 0 Å². The molecule has 1 heterocycles. The lowest BCUT2D eigenvalue weighted by Gasteiger charge is -2.31. The molecule has 1 rings (SSSR count). The SMILES string of the molecule is CC(=O)N1CCC[C@@H](C(=O)NC[C@H](O)CN(C)C)C1. The van der Waals surface area contributed by atoms with Crippen molar-refractivity contribution in [2.75, 3.05) is 40.3 Å². The van der Waals surface area contributed by atoms with E-state index in [0.29, 0.717) is 13.1 Å². The maximum absolute atomic E-state index is 12.0. The number of likely N-dealkylation sites (N-methyl/N-ethyl adjacent to an activating group) is 1. The van der Waals surface area contributed by atoms with Crippen LogP contribution in [0, 0.1) is 5.92 Å². The number of amides is 2. The van der Waals surface area contributed by atoms with E-state index < -0.39 is 6.10 Å². The number of carbonyl (C=O) groups excluding carboxylic acids is 2. The highest BCUT2D eigenvalue weighted by Gasteiger charge is 2.27. The fraction of sp³-hybridized carbons (Fsp3) is 0.846. The molecule has 1 aliphatic heterocycles. The van der Waals surface area contributed by atoms with Crippen LogP contribution in [0.15, 0.2) is 0 Å². The van der Waals surface area contributed by atoms with Gasteiger partial charge in [0, 0.05) is 33.1 Å². The standard InChI is InChI=1S/C13H25N3O3/c1-10(17)16-6-4-5-11(8-16)13(19)14-7-12(18)9-15(2)3/h11-12,18H,4-9H2,1-3H3,(H,14,19)/t11-,12+/m1/s1. The summed E-state index contributed by atoms with van der Waals surface area (Å²) in [7, 11) is 3.74. The summed E-state index contributed by atoms with van der Waals surface area (Å²) in [5.74, 6) is -0.196. The van der Waals surface area contributed by atoms with E-state index in [-0.39, 0.29) is 24.3 Å².